The van der Waals surface area contributed by atoms with Crippen molar-refractivity contribution in [2.45, 2.75) is 46.1 Å². The summed E-state index contributed by atoms with van der Waals surface area (Å²) in [5.74, 6) is 6.07. The number of pyridine rings is 1. The van der Waals surface area contributed by atoms with Gasteiger partial charge in [0.15, 0.2) is 0 Å². The summed E-state index contributed by atoms with van der Waals surface area (Å²) in [5.41, 5.74) is 2.53. The van der Waals surface area contributed by atoms with Crippen LogP contribution in [0.4, 0.5) is 0 Å². The van der Waals surface area contributed by atoms with Gasteiger partial charge in [-0.15, -0.1) is 11.8 Å². The summed E-state index contributed by atoms with van der Waals surface area (Å²) in [7, 11) is 0. The van der Waals surface area contributed by atoms with Crippen molar-refractivity contribution in [3.63, 3.8) is 0 Å². The van der Waals surface area contributed by atoms with Crippen molar-refractivity contribution >= 4 is 0 Å². The molecule has 1 heterocycles. The monoisotopic (exact) mass is 230 g/mol. The van der Waals surface area contributed by atoms with Gasteiger partial charge in [-0.2, -0.15) is 0 Å². The summed E-state index contributed by atoms with van der Waals surface area (Å²) in [6.45, 7) is 7.16. The van der Waals surface area contributed by atoms with E-state index in [0.717, 1.165) is 25.8 Å². The molecule has 0 fully saturated rings. The van der Waals surface area contributed by atoms with E-state index in [1.165, 1.54) is 11.3 Å². The lowest BCUT2D eigenvalue weighted by atomic mass is 10.0. The lowest BCUT2D eigenvalue weighted by Crippen LogP contribution is -2.23. The molecule has 0 saturated carbocycles. The average Bonchev–Trinajstić information content (AvgIpc) is 2.38. The molecule has 0 amide bonds. The maximum atomic E-state index is 4.54. The number of nitrogens with one attached hydrogen (secondary N) is 1. The molecule has 1 unspecified atom stereocenters. The summed E-state index contributed by atoms with van der Waals surface area (Å²) in [6, 6.07) is 4.51. The number of rotatable bonds is 6. The normalized spacial score (nSPS) is 11.7. The fraction of sp³-hybridized carbons (Fsp3) is 0.533. The van der Waals surface area contributed by atoms with Gasteiger partial charge in [-0.25, -0.2) is 0 Å². The van der Waals surface area contributed by atoms with Crippen LogP contribution in [-0.4, -0.2) is 11.5 Å². The zero-order chi connectivity index (χ0) is 12.5. The average molecular weight is 230 g/mol. The third kappa shape index (κ3) is 4.20. The van der Waals surface area contributed by atoms with E-state index in [1.807, 2.05) is 19.2 Å². The van der Waals surface area contributed by atoms with E-state index in [0.29, 0.717) is 6.04 Å². The number of hydrogen-bond donors (Lipinski definition) is 1. The lowest BCUT2D eigenvalue weighted by Gasteiger charge is -2.18. The molecule has 2 heteroatoms. The maximum absolute atomic E-state index is 4.54. The standard InChI is InChI=1S/C15H22N2/c1-4-7-8-11-14(16-6-3)15-13(5-2)10-9-12-17-15/h9-10,12,14,16H,5-6,8,11H2,1-3H3. The number of aryl methyl sites for hydroxylation is 1. The van der Waals surface area contributed by atoms with Gasteiger partial charge in [-0.3, -0.25) is 4.98 Å². The van der Waals surface area contributed by atoms with Gasteiger partial charge in [-0.1, -0.05) is 19.9 Å². The molecule has 92 valence electrons. The quantitative estimate of drug-likeness (QED) is 0.760. The van der Waals surface area contributed by atoms with Crippen LogP contribution in [0.5, 0.6) is 0 Å². The van der Waals surface area contributed by atoms with Gasteiger partial charge in [0.25, 0.3) is 0 Å². The fourth-order valence-electron chi connectivity index (χ4n) is 1.99. The first-order valence-corrected chi connectivity index (χ1v) is 6.40. The Kier molecular flexibility index (Phi) is 6.35. The fourth-order valence-corrected chi connectivity index (χ4v) is 1.99. The van der Waals surface area contributed by atoms with E-state index < -0.39 is 0 Å². The second-order valence-electron chi connectivity index (χ2n) is 3.98. The van der Waals surface area contributed by atoms with Crippen LogP contribution in [0.1, 0.15) is 50.9 Å². The summed E-state index contributed by atoms with van der Waals surface area (Å²) < 4.78 is 0. The smallest absolute Gasteiger partial charge is 0.0605 e. The Balaban J connectivity index is 2.82. The Morgan fingerprint density at radius 3 is 2.88 bits per heavy atom. The van der Waals surface area contributed by atoms with Crippen LogP contribution in [0.3, 0.4) is 0 Å². The predicted octanol–water partition coefficient (Wildman–Crippen LogP) is 3.10. The third-order valence-corrected chi connectivity index (χ3v) is 2.82. The molecule has 0 aliphatic carbocycles. The molecule has 1 aromatic rings. The molecule has 1 N–H and O–H groups in total. The van der Waals surface area contributed by atoms with Crippen molar-refractivity contribution < 1.29 is 0 Å². The molecule has 0 bridgehead atoms. The Hall–Kier alpha value is -1.33. The zero-order valence-corrected chi connectivity index (χ0v) is 11.1. The molecule has 1 aromatic heterocycles. The minimum absolute atomic E-state index is 0.331. The molecule has 1 rings (SSSR count). The van der Waals surface area contributed by atoms with Gasteiger partial charge in [-0.05, 0) is 37.9 Å². The first-order chi connectivity index (χ1) is 8.33. The molecule has 0 aliphatic heterocycles. The number of nitrogens with zero attached hydrogens (tertiary/aromatic N) is 1. The Morgan fingerprint density at radius 2 is 2.24 bits per heavy atom. The van der Waals surface area contributed by atoms with Crippen LogP contribution in [0.25, 0.3) is 0 Å². The molecule has 1 atom stereocenters. The largest absolute Gasteiger partial charge is 0.309 e. The van der Waals surface area contributed by atoms with Gasteiger partial charge < -0.3 is 5.32 Å². The third-order valence-electron chi connectivity index (χ3n) is 2.82. The van der Waals surface area contributed by atoms with E-state index in [-0.39, 0.29) is 0 Å². The highest BCUT2D eigenvalue weighted by molar-refractivity contribution is 5.23. The van der Waals surface area contributed by atoms with Crippen LogP contribution >= 0.6 is 0 Å². The molecule has 0 radical (unpaired) electrons. The second-order valence-corrected chi connectivity index (χ2v) is 3.98. The Morgan fingerprint density at radius 1 is 1.41 bits per heavy atom. The highest BCUT2D eigenvalue weighted by Crippen LogP contribution is 2.20. The highest BCUT2D eigenvalue weighted by atomic mass is 14.9. The van der Waals surface area contributed by atoms with E-state index in [2.05, 4.69) is 42.1 Å². The minimum atomic E-state index is 0.331. The van der Waals surface area contributed by atoms with Crippen LogP contribution < -0.4 is 5.32 Å². The van der Waals surface area contributed by atoms with E-state index in [9.17, 15) is 0 Å². The van der Waals surface area contributed by atoms with Gasteiger partial charge in [0, 0.05) is 12.6 Å². The summed E-state index contributed by atoms with van der Waals surface area (Å²) in [4.78, 5) is 4.54. The molecular formula is C15H22N2. The molecule has 17 heavy (non-hydrogen) atoms. The van der Waals surface area contributed by atoms with Gasteiger partial charge in [0.2, 0.25) is 0 Å². The predicted molar refractivity (Wildman–Crippen MR) is 72.7 cm³/mol. The molecule has 0 aliphatic rings. The van der Waals surface area contributed by atoms with Crippen molar-refractivity contribution in [1.82, 2.24) is 10.3 Å². The summed E-state index contributed by atoms with van der Waals surface area (Å²) in [5, 5.41) is 3.50. The maximum Gasteiger partial charge on any atom is 0.0605 e. The Labute approximate surface area is 105 Å². The van der Waals surface area contributed by atoms with Crippen molar-refractivity contribution in [2.24, 2.45) is 0 Å². The SMILES string of the molecule is CC#CCCC(NCC)c1ncccc1CC. The number of hydrogen-bond acceptors (Lipinski definition) is 2. The highest BCUT2D eigenvalue weighted by Gasteiger charge is 2.13. The first kappa shape index (κ1) is 13.7. The molecule has 0 aromatic carbocycles. The summed E-state index contributed by atoms with van der Waals surface area (Å²) >= 11 is 0. The second kappa shape index (κ2) is 7.86. The van der Waals surface area contributed by atoms with E-state index >= 15 is 0 Å². The lowest BCUT2D eigenvalue weighted by molar-refractivity contribution is 0.506. The minimum Gasteiger partial charge on any atom is -0.309 e. The van der Waals surface area contributed by atoms with Gasteiger partial charge in [0.1, 0.15) is 0 Å². The van der Waals surface area contributed by atoms with Gasteiger partial charge in [0.05, 0.1) is 11.7 Å². The zero-order valence-electron chi connectivity index (χ0n) is 11.1. The van der Waals surface area contributed by atoms with Crippen molar-refractivity contribution in [2.75, 3.05) is 6.54 Å². The number of aromatic nitrogens is 1. The van der Waals surface area contributed by atoms with Gasteiger partial charge >= 0.3 is 0 Å². The van der Waals surface area contributed by atoms with Crippen molar-refractivity contribution in [1.29, 1.82) is 0 Å². The summed E-state index contributed by atoms with van der Waals surface area (Å²) in [6.07, 6.45) is 4.86. The Bertz CT molecular complexity index is 387. The van der Waals surface area contributed by atoms with Crippen LogP contribution in [0, 0.1) is 11.8 Å². The van der Waals surface area contributed by atoms with Crippen LogP contribution in [-0.2, 0) is 6.42 Å². The van der Waals surface area contributed by atoms with E-state index in [1.54, 1.807) is 0 Å². The molecular weight excluding hydrogens is 208 g/mol. The molecule has 0 spiro atoms. The van der Waals surface area contributed by atoms with Crippen LogP contribution in [0.2, 0.25) is 0 Å². The first-order valence-electron chi connectivity index (χ1n) is 6.40. The van der Waals surface area contributed by atoms with E-state index in [4.69, 9.17) is 0 Å². The molecule has 2 nitrogen and oxygen atoms in total. The topological polar surface area (TPSA) is 24.9 Å². The van der Waals surface area contributed by atoms with Crippen LogP contribution in [0.15, 0.2) is 18.3 Å². The molecule has 0 saturated heterocycles. The van der Waals surface area contributed by atoms with Crippen molar-refractivity contribution in [3.05, 3.63) is 29.6 Å². The van der Waals surface area contributed by atoms with Crippen molar-refractivity contribution in [3.8, 4) is 11.8 Å².